The number of rotatable bonds is 5. The van der Waals surface area contributed by atoms with Crippen LogP contribution in [0.1, 0.15) is 45.1 Å². The molecule has 0 unspecified atom stereocenters. The highest BCUT2D eigenvalue weighted by molar-refractivity contribution is 5.54. The van der Waals surface area contributed by atoms with Crippen molar-refractivity contribution < 1.29 is 4.39 Å². The second kappa shape index (κ2) is 7.07. The topological polar surface area (TPSA) is 15.3 Å². The molecule has 1 aromatic carbocycles. The molecular formula is C17H27FN2. The van der Waals surface area contributed by atoms with Crippen molar-refractivity contribution in [3.8, 4) is 0 Å². The Bertz CT molecular complexity index is 425. The van der Waals surface area contributed by atoms with Crippen molar-refractivity contribution in [3.05, 3.63) is 29.6 Å². The highest BCUT2D eigenvalue weighted by atomic mass is 19.1. The summed E-state index contributed by atoms with van der Waals surface area (Å²) in [6, 6.07) is 5.98. The minimum atomic E-state index is -0.0977. The number of nitrogens with zero attached hydrogens (tertiary/aromatic N) is 1. The van der Waals surface area contributed by atoms with Crippen LogP contribution in [-0.4, -0.2) is 19.6 Å². The lowest BCUT2D eigenvalue weighted by Crippen LogP contribution is -2.35. The van der Waals surface area contributed by atoms with E-state index in [1.807, 2.05) is 19.1 Å². The van der Waals surface area contributed by atoms with Gasteiger partial charge in [0, 0.05) is 30.9 Å². The number of hydrogen-bond acceptors (Lipinski definition) is 2. The molecule has 1 aromatic rings. The quantitative estimate of drug-likeness (QED) is 0.877. The van der Waals surface area contributed by atoms with E-state index in [0.29, 0.717) is 12.6 Å². The van der Waals surface area contributed by atoms with Gasteiger partial charge in [0.05, 0.1) is 0 Å². The summed E-state index contributed by atoms with van der Waals surface area (Å²) in [5, 5.41) is 3.24. The number of hydrogen-bond donors (Lipinski definition) is 1. The predicted octanol–water partition coefficient (Wildman–Crippen LogP) is 3.95. The van der Waals surface area contributed by atoms with Gasteiger partial charge in [-0.2, -0.15) is 0 Å². The lowest BCUT2D eigenvalue weighted by Gasteiger charge is -2.36. The normalized spacial score (nSPS) is 22.8. The molecule has 2 nitrogen and oxygen atoms in total. The lowest BCUT2D eigenvalue weighted by atomic mass is 9.86. The molecule has 0 heterocycles. The molecule has 1 aliphatic rings. The third kappa shape index (κ3) is 3.51. The van der Waals surface area contributed by atoms with Crippen molar-refractivity contribution in [3.63, 3.8) is 0 Å². The van der Waals surface area contributed by atoms with E-state index in [9.17, 15) is 4.39 Å². The van der Waals surface area contributed by atoms with Crippen LogP contribution < -0.4 is 10.2 Å². The van der Waals surface area contributed by atoms with E-state index in [2.05, 4.69) is 24.2 Å². The standard InChI is InChI=1S/C17H27FN2/c1-4-19-12-15-16(18)6-5-7-17(15)20(3)14-10-8-13(2)9-11-14/h5-7,13-14,19H,4,8-12H2,1-3H3. The third-order valence-corrected chi connectivity index (χ3v) is 4.56. The van der Waals surface area contributed by atoms with Crippen LogP contribution in [0.5, 0.6) is 0 Å². The smallest absolute Gasteiger partial charge is 0.129 e. The highest BCUT2D eigenvalue weighted by Crippen LogP contribution is 2.31. The Balaban J connectivity index is 2.16. The van der Waals surface area contributed by atoms with Gasteiger partial charge in [-0.05, 0) is 50.3 Å². The van der Waals surface area contributed by atoms with E-state index in [1.54, 1.807) is 6.07 Å². The fourth-order valence-corrected chi connectivity index (χ4v) is 3.13. The van der Waals surface area contributed by atoms with Gasteiger partial charge in [0.2, 0.25) is 0 Å². The molecule has 0 saturated heterocycles. The minimum Gasteiger partial charge on any atom is -0.371 e. The Kier molecular flexibility index (Phi) is 5.41. The molecule has 0 spiro atoms. The molecule has 1 aliphatic carbocycles. The van der Waals surface area contributed by atoms with E-state index in [1.165, 1.54) is 25.7 Å². The van der Waals surface area contributed by atoms with Gasteiger partial charge in [-0.25, -0.2) is 4.39 Å². The van der Waals surface area contributed by atoms with E-state index < -0.39 is 0 Å². The van der Waals surface area contributed by atoms with Crippen LogP contribution in [0.15, 0.2) is 18.2 Å². The molecule has 0 amide bonds. The first-order valence-electron chi connectivity index (χ1n) is 7.84. The Hall–Kier alpha value is -1.09. The maximum atomic E-state index is 14.1. The number of anilines is 1. The molecule has 1 N–H and O–H groups in total. The minimum absolute atomic E-state index is 0.0977. The van der Waals surface area contributed by atoms with Crippen molar-refractivity contribution >= 4 is 5.69 Å². The number of nitrogens with one attached hydrogen (secondary N) is 1. The summed E-state index contributed by atoms with van der Waals surface area (Å²) in [7, 11) is 2.12. The first kappa shape index (κ1) is 15.3. The van der Waals surface area contributed by atoms with E-state index >= 15 is 0 Å². The Morgan fingerprint density at radius 3 is 2.60 bits per heavy atom. The molecule has 0 radical (unpaired) electrons. The molecular weight excluding hydrogens is 251 g/mol. The molecule has 0 atom stereocenters. The van der Waals surface area contributed by atoms with Crippen LogP contribution >= 0.6 is 0 Å². The summed E-state index contributed by atoms with van der Waals surface area (Å²) in [5.74, 6) is 0.743. The summed E-state index contributed by atoms with van der Waals surface area (Å²) >= 11 is 0. The Morgan fingerprint density at radius 2 is 1.95 bits per heavy atom. The van der Waals surface area contributed by atoms with E-state index in [0.717, 1.165) is 23.7 Å². The third-order valence-electron chi connectivity index (χ3n) is 4.56. The zero-order valence-corrected chi connectivity index (χ0v) is 13.0. The zero-order chi connectivity index (χ0) is 14.5. The second-order valence-electron chi connectivity index (χ2n) is 6.04. The van der Waals surface area contributed by atoms with Gasteiger partial charge in [0.25, 0.3) is 0 Å². The van der Waals surface area contributed by atoms with Crippen LogP contribution in [0, 0.1) is 11.7 Å². The highest BCUT2D eigenvalue weighted by Gasteiger charge is 2.23. The van der Waals surface area contributed by atoms with Crippen molar-refractivity contribution in [2.75, 3.05) is 18.5 Å². The summed E-state index contributed by atoms with van der Waals surface area (Å²) in [6.07, 6.45) is 5.00. The van der Waals surface area contributed by atoms with Crippen LogP contribution in [0.4, 0.5) is 10.1 Å². The Labute approximate surface area is 122 Å². The van der Waals surface area contributed by atoms with Gasteiger partial charge in [0.1, 0.15) is 5.82 Å². The number of benzene rings is 1. The van der Waals surface area contributed by atoms with E-state index in [4.69, 9.17) is 0 Å². The van der Waals surface area contributed by atoms with Gasteiger partial charge < -0.3 is 10.2 Å². The molecule has 0 bridgehead atoms. The predicted molar refractivity (Wildman–Crippen MR) is 83.6 cm³/mol. The molecule has 1 fully saturated rings. The van der Waals surface area contributed by atoms with Crippen LogP contribution in [0.3, 0.4) is 0 Å². The summed E-state index contributed by atoms with van der Waals surface area (Å²) in [5.41, 5.74) is 1.85. The first-order valence-corrected chi connectivity index (χ1v) is 7.84. The molecule has 1 saturated carbocycles. The molecule has 112 valence electrons. The average molecular weight is 278 g/mol. The molecule has 20 heavy (non-hydrogen) atoms. The van der Waals surface area contributed by atoms with Crippen molar-refractivity contribution in [2.24, 2.45) is 5.92 Å². The maximum absolute atomic E-state index is 14.1. The van der Waals surface area contributed by atoms with Crippen LogP contribution in [0.25, 0.3) is 0 Å². The molecule has 0 aromatic heterocycles. The largest absolute Gasteiger partial charge is 0.371 e. The fourth-order valence-electron chi connectivity index (χ4n) is 3.13. The zero-order valence-electron chi connectivity index (χ0n) is 13.0. The summed E-state index contributed by atoms with van der Waals surface area (Å²) in [4.78, 5) is 2.29. The van der Waals surface area contributed by atoms with Crippen LogP contribution in [-0.2, 0) is 6.54 Å². The summed E-state index contributed by atoms with van der Waals surface area (Å²) in [6.45, 7) is 5.84. The van der Waals surface area contributed by atoms with Gasteiger partial charge in [-0.3, -0.25) is 0 Å². The molecule has 3 heteroatoms. The Morgan fingerprint density at radius 1 is 1.25 bits per heavy atom. The summed E-state index contributed by atoms with van der Waals surface area (Å²) < 4.78 is 14.1. The number of halogens is 1. The van der Waals surface area contributed by atoms with Crippen molar-refractivity contribution in [2.45, 2.75) is 52.1 Å². The van der Waals surface area contributed by atoms with Gasteiger partial charge in [-0.15, -0.1) is 0 Å². The lowest BCUT2D eigenvalue weighted by molar-refractivity contribution is 0.340. The maximum Gasteiger partial charge on any atom is 0.129 e. The second-order valence-corrected chi connectivity index (χ2v) is 6.04. The van der Waals surface area contributed by atoms with Crippen molar-refractivity contribution in [1.29, 1.82) is 0 Å². The molecule has 2 rings (SSSR count). The van der Waals surface area contributed by atoms with E-state index in [-0.39, 0.29) is 5.82 Å². The van der Waals surface area contributed by atoms with Gasteiger partial charge in [0.15, 0.2) is 0 Å². The van der Waals surface area contributed by atoms with Gasteiger partial charge in [-0.1, -0.05) is 19.9 Å². The SMILES string of the molecule is CCNCc1c(F)cccc1N(C)C1CCC(C)CC1. The average Bonchev–Trinajstić information content (AvgIpc) is 2.46. The first-order chi connectivity index (χ1) is 9.63. The monoisotopic (exact) mass is 278 g/mol. The van der Waals surface area contributed by atoms with Crippen LogP contribution in [0.2, 0.25) is 0 Å². The van der Waals surface area contributed by atoms with Gasteiger partial charge >= 0.3 is 0 Å². The fraction of sp³-hybridized carbons (Fsp3) is 0.647. The van der Waals surface area contributed by atoms with Crippen molar-refractivity contribution in [1.82, 2.24) is 5.32 Å². The molecule has 0 aliphatic heterocycles.